The number of hydrogen-bond acceptors (Lipinski definition) is 6. The minimum atomic E-state index is -0.361. The molecule has 5 rings (SSSR count). The van der Waals surface area contributed by atoms with Crippen LogP contribution >= 0.6 is 0 Å². The molecule has 2 aromatic rings. The Kier molecular flexibility index (Phi) is 4.19. The van der Waals surface area contributed by atoms with Gasteiger partial charge in [-0.05, 0) is 41.5 Å². The first-order chi connectivity index (χ1) is 14.1. The summed E-state index contributed by atoms with van der Waals surface area (Å²) in [5.41, 5.74) is 4.80. The zero-order valence-corrected chi connectivity index (χ0v) is 16.5. The highest BCUT2D eigenvalue weighted by Crippen LogP contribution is 2.40. The number of nitrogens with zero attached hydrogens (tertiary/aromatic N) is 2. The van der Waals surface area contributed by atoms with Crippen LogP contribution in [0.3, 0.4) is 0 Å². The number of anilines is 2. The second kappa shape index (κ2) is 6.88. The van der Waals surface area contributed by atoms with Crippen LogP contribution in [0.5, 0.6) is 11.5 Å². The van der Waals surface area contributed by atoms with Crippen molar-refractivity contribution in [3.8, 4) is 11.5 Å². The Morgan fingerprint density at radius 2 is 1.38 bits per heavy atom. The van der Waals surface area contributed by atoms with Crippen molar-refractivity contribution in [1.82, 2.24) is 0 Å². The zero-order chi connectivity index (χ0) is 20.0. The summed E-state index contributed by atoms with van der Waals surface area (Å²) in [6.45, 7) is 3.01. The van der Waals surface area contributed by atoms with Gasteiger partial charge in [-0.25, -0.2) is 4.79 Å². The van der Waals surface area contributed by atoms with Crippen molar-refractivity contribution in [3.05, 3.63) is 65.4 Å². The Bertz CT molecular complexity index is 991. The molecule has 0 amide bonds. The van der Waals surface area contributed by atoms with Crippen LogP contribution in [0.2, 0.25) is 0 Å². The molecule has 0 bridgehead atoms. The first kappa shape index (κ1) is 17.7. The van der Waals surface area contributed by atoms with Crippen molar-refractivity contribution in [2.45, 2.75) is 0 Å². The van der Waals surface area contributed by atoms with E-state index in [4.69, 9.17) is 14.2 Å². The molecule has 6 heteroatoms. The molecule has 0 fully saturated rings. The number of ether oxygens (including phenoxy) is 3. The number of rotatable bonds is 2. The maximum Gasteiger partial charge on any atom is 0.336 e. The van der Waals surface area contributed by atoms with Crippen LogP contribution < -0.4 is 19.3 Å². The summed E-state index contributed by atoms with van der Waals surface area (Å²) in [6.07, 6.45) is 3.16. The number of benzene rings is 2. The summed E-state index contributed by atoms with van der Waals surface area (Å²) >= 11 is 0. The molecule has 0 aromatic heterocycles. The van der Waals surface area contributed by atoms with Gasteiger partial charge in [0.25, 0.3) is 0 Å². The number of esters is 1. The molecule has 0 N–H and O–H groups in total. The molecule has 6 nitrogen and oxygen atoms in total. The van der Waals surface area contributed by atoms with Crippen LogP contribution in [0.15, 0.2) is 54.3 Å². The minimum absolute atomic E-state index is 0.361. The summed E-state index contributed by atoms with van der Waals surface area (Å²) in [6, 6.07) is 12.2. The van der Waals surface area contributed by atoms with Gasteiger partial charge in [0.2, 0.25) is 0 Å². The summed E-state index contributed by atoms with van der Waals surface area (Å²) < 4.78 is 17.3. The third-order valence-electron chi connectivity index (χ3n) is 5.52. The van der Waals surface area contributed by atoms with Gasteiger partial charge in [-0.3, -0.25) is 0 Å². The number of cyclic esters (lactones) is 1. The Hall–Kier alpha value is -3.41. The molecule has 0 radical (unpaired) electrons. The van der Waals surface area contributed by atoms with Gasteiger partial charge < -0.3 is 24.0 Å². The van der Waals surface area contributed by atoms with Gasteiger partial charge in [-0.1, -0.05) is 12.1 Å². The Morgan fingerprint density at radius 1 is 0.828 bits per heavy atom. The molecular formula is C23H22N2O4. The molecule has 3 aliphatic rings. The first-order valence-corrected chi connectivity index (χ1v) is 9.71. The molecule has 29 heavy (non-hydrogen) atoms. The lowest BCUT2D eigenvalue weighted by Crippen LogP contribution is -2.28. The highest BCUT2D eigenvalue weighted by Gasteiger charge is 2.23. The molecule has 148 valence electrons. The number of allylic oxidation sites excluding steroid dienone is 1. The molecule has 0 unspecified atom stereocenters. The Labute approximate surface area is 169 Å². The number of likely N-dealkylation sites (N-methyl/N-ethyl adjacent to an activating group) is 2. The molecule has 0 spiro atoms. The van der Waals surface area contributed by atoms with Crippen LogP contribution in [-0.4, -0.2) is 46.4 Å². The van der Waals surface area contributed by atoms with E-state index in [1.807, 2.05) is 36.4 Å². The summed E-state index contributed by atoms with van der Waals surface area (Å²) in [5.74, 6) is 1.83. The van der Waals surface area contributed by atoms with E-state index in [2.05, 4.69) is 23.9 Å². The van der Waals surface area contributed by atoms with Crippen molar-refractivity contribution < 1.29 is 19.0 Å². The van der Waals surface area contributed by atoms with E-state index in [-0.39, 0.29) is 5.97 Å². The van der Waals surface area contributed by atoms with E-state index in [0.717, 1.165) is 52.7 Å². The van der Waals surface area contributed by atoms with Gasteiger partial charge in [-0.15, -0.1) is 0 Å². The smallest absolute Gasteiger partial charge is 0.336 e. The summed E-state index contributed by atoms with van der Waals surface area (Å²) in [4.78, 5) is 16.1. The van der Waals surface area contributed by atoms with Crippen molar-refractivity contribution in [3.63, 3.8) is 0 Å². The standard InChI is InChI=1S/C23H22N2O4/c1-24-9-11-27-20-13-15(3-5-17(20)24)23(19-7-8-22(26)29-19)16-4-6-18-21(14-16)28-12-10-25(18)2/h3-8,13-14H,9-12H2,1-2H3. The van der Waals surface area contributed by atoms with Crippen molar-refractivity contribution in [2.24, 2.45) is 0 Å². The molecule has 0 saturated carbocycles. The second-order valence-electron chi connectivity index (χ2n) is 7.40. The zero-order valence-electron chi connectivity index (χ0n) is 16.5. The fourth-order valence-electron chi connectivity index (χ4n) is 3.93. The lowest BCUT2D eigenvalue weighted by atomic mass is 9.95. The largest absolute Gasteiger partial charge is 0.490 e. The van der Waals surface area contributed by atoms with Crippen molar-refractivity contribution >= 4 is 22.9 Å². The van der Waals surface area contributed by atoms with Crippen molar-refractivity contribution in [2.75, 3.05) is 50.2 Å². The third-order valence-corrected chi connectivity index (χ3v) is 5.52. The molecule has 0 saturated heterocycles. The highest BCUT2D eigenvalue weighted by molar-refractivity contribution is 5.93. The van der Waals surface area contributed by atoms with Crippen molar-refractivity contribution in [1.29, 1.82) is 0 Å². The summed E-state index contributed by atoms with van der Waals surface area (Å²) in [7, 11) is 4.11. The van der Waals surface area contributed by atoms with Gasteiger partial charge in [0.1, 0.15) is 30.5 Å². The average molecular weight is 390 g/mol. The maximum atomic E-state index is 11.8. The van der Waals surface area contributed by atoms with Gasteiger partial charge in [0, 0.05) is 25.7 Å². The van der Waals surface area contributed by atoms with E-state index in [1.165, 1.54) is 6.08 Å². The third kappa shape index (κ3) is 3.10. The average Bonchev–Trinajstić information content (AvgIpc) is 3.14. The quantitative estimate of drug-likeness (QED) is 0.734. The molecule has 3 heterocycles. The van der Waals surface area contributed by atoms with E-state index in [1.54, 1.807) is 6.08 Å². The second-order valence-corrected chi connectivity index (χ2v) is 7.40. The van der Waals surface area contributed by atoms with Gasteiger partial charge >= 0.3 is 5.97 Å². The molecule has 0 aliphatic carbocycles. The highest BCUT2D eigenvalue weighted by atomic mass is 16.5. The monoisotopic (exact) mass is 390 g/mol. The number of carbonyl (C=O) groups is 1. The predicted octanol–water partition coefficient (Wildman–Crippen LogP) is 3.22. The van der Waals surface area contributed by atoms with E-state index in [0.29, 0.717) is 19.0 Å². The molecule has 2 aromatic carbocycles. The minimum Gasteiger partial charge on any atom is -0.490 e. The Morgan fingerprint density at radius 3 is 1.86 bits per heavy atom. The number of carbonyl (C=O) groups excluding carboxylic acids is 1. The topological polar surface area (TPSA) is 51.2 Å². The lowest BCUT2D eigenvalue weighted by Gasteiger charge is -2.29. The molecule has 0 atom stereocenters. The van der Waals surface area contributed by atoms with Crippen LogP contribution in [0, 0.1) is 0 Å². The van der Waals surface area contributed by atoms with E-state index in [9.17, 15) is 4.79 Å². The van der Waals surface area contributed by atoms with Crippen LogP contribution in [0.25, 0.3) is 5.57 Å². The molecular weight excluding hydrogens is 368 g/mol. The number of fused-ring (bicyclic) bond motifs is 2. The van der Waals surface area contributed by atoms with Gasteiger partial charge in [0.05, 0.1) is 24.5 Å². The van der Waals surface area contributed by atoms with Gasteiger partial charge in [-0.2, -0.15) is 0 Å². The fraction of sp³-hybridized carbons (Fsp3) is 0.261. The van der Waals surface area contributed by atoms with E-state index >= 15 is 0 Å². The maximum absolute atomic E-state index is 11.8. The summed E-state index contributed by atoms with van der Waals surface area (Å²) in [5, 5.41) is 0. The Balaban J connectivity index is 1.65. The SMILES string of the molecule is CN1CCOc2cc(C(=C3C=CC(=O)O3)c3ccc4c(c3)OCCN4C)ccc21. The van der Waals surface area contributed by atoms with Crippen LogP contribution in [0.1, 0.15) is 11.1 Å². The van der Waals surface area contributed by atoms with Crippen LogP contribution in [0.4, 0.5) is 11.4 Å². The fourth-order valence-corrected chi connectivity index (χ4v) is 3.93. The van der Waals surface area contributed by atoms with Gasteiger partial charge in [0.15, 0.2) is 0 Å². The predicted molar refractivity (Wildman–Crippen MR) is 112 cm³/mol. The van der Waals surface area contributed by atoms with E-state index < -0.39 is 0 Å². The lowest BCUT2D eigenvalue weighted by molar-refractivity contribution is -0.132. The van der Waals surface area contributed by atoms with Crippen LogP contribution in [-0.2, 0) is 9.53 Å². The first-order valence-electron chi connectivity index (χ1n) is 9.71. The normalized spacial score (nSPS) is 17.3. The molecule has 3 aliphatic heterocycles. The number of hydrogen-bond donors (Lipinski definition) is 0.